The molecule has 0 spiro atoms. The lowest BCUT2D eigenvalue weighted by molar-refractivity contribution is 0.310. The highest BCUT2D eigenvalue weighted by molar-refractivity contribution is 9.09. The molecule has 0 aliphatic rings. The van der Waals surface area contributed by atoms with Crippen LogP contribution in [0.4, 0.5) is 0 Å². The SMILES string of the molecule is BrCCCCOc1ccc(C#Cc2ccccc2)cc1. The fraction of sp³-hybridized carbons (Fsp3) is 0.222. The van der Waals surface area contributed by atoms with E-state index in [1.807, 2.05) is 54.6 Å². The Kier molecular flexibility index (Phi) is 6.20. The van der Waals surface area contributed by atoms with Gasteiger partial charge in [-0.2, -0.15) is 0 Å². The number of benzene rings is 2. The summed E-state index contributed by atoms with van der Waals surface area (Å²) in [6.45, 7) is 0.765. The maximum Gasteiger partial charge on any atom is 0.119 e. The van der Waals surface area contributed by atoms with Gasteiger partial charge in [0, 0.05) is 16.5 Å². The van der Waals surface area contributed by atoms with Crippen LogP contribution in [0.5, 0.6) is 5.75 Å². The van der Waals surface area contributed by atoms with E-state index in [1.165, 1.54) is 0 Å². The molecule has 1 nitrogen and oxygen atoms in total. The van der Waals surface area contributed by atoms with Crippen molar-refractivity contribution in [3.8, 4) is 17.6 Å². The first-order chi connectivity index (χ1) is 9.88. The third-order valence-electron chi connectivity index (χ3n) is 2.78. The summed E-state index contributed by atoms with van der Waals surface area (Å²) >= 11 is 3.41. The molecule has 2 aromatic rings. The molecule has 0 aliphatic heterocycles. The second-order valence-electron chi connectivity index (χ2n) is 4.38. The number of alkyl halides is 1. The molecule has 0 saturated heterocycles. The van der Waals surface area contributed by atoms with Crippen LogP contribution >= 0.6 is 15.9 Å². The van der Waals surface area contributed by atoms with Gasteiger partial charge in [-0.25, -0.2) is 0 Å². The third-order valence-corrected chi connectivity index (χ3v) is 3.34. The van der Waals surface area contributed by atoms with Crippen molar-refractivity contribution in [2.45, 2.75) is 12.8 Å². The molecule has 0 N–H and O–H groups in total. The van der Waals surface area contributed by atoms with Gasteiger partial charge in [0.05, 0.1) is 6.61 Å². The summed E-state index contributed by atoms with van der Waals surface area (Å²) in [4.78, 5) is 0. The summed E-state index contributed by atoms with van der Waals surface area (Å²) < 4.78 is 5.66. The van der Waals surface area contributed by atoms with Crippen molar-refractivity contribution in [2.75, 3.05) is 11.9 Å². The van der Waals surface area contributed by atoms with Crippen molar-refractivity contribution in [1.82, 2.24) is 0 Å². The second-order valence-corrected chi connectivity index (χ2v) is 5.18. The zero-order valence-corrected chi connectivity index (χ0v) is 12.9. The maximum atomic E-state index is 5.66. The van der Waals surface area contributed by atoms with Crippen LogP contribution in [0.25, 0.3) is 0 Å². The number of ether oxygens (including phenoxy) is 1. The molecule has 0 saturated carbocycles. The fourth-order valence-electron chi connectivity index (χ4n) is 1.69. The van der Waals surface area contributed by atoms with Crippen molar-refractivity contribution in [2.24, 2.45) is 0 Å². The summed E-state index contributed by atoms with van der Waals surface area (Å²) in [6.07, 6.45) is 2.21. The predicted molar refractivity (Wildman–Crippen MR) is 87.4 cm³/mol. The highest BCUT2D eigenvalue weighted by atomic mass is 79.9. The van der Waals surface area contributed by atoms with Crippen LogP contribution in [0.2, 0.25) is 0 Å². The molecular formula is C18H17BrO. The quantitative estimate of drug-likeness (QED) is 0.441. The van der Waals surface area contributed by atoms with Gasteiger partial charge < -0.3 is 4.74 Å². The smallest absolute Gasteiger partial charge is 0.119 e. The van der Waals surface area contributed by atoms with Gasteiger partial charge in [-0.05, 0) is 49.2 Å². The molecule has 0 radical (unpaired) electrons. The maximum absolute atomic E-state index is 5.66. The van der Waals surface area contributed by atoms with Crippen LogP contribution in [0.3, 0.4) is 0 Å². The number of hydrogen-bond donors (Lipinski definition) is 0. The Hall–Kier alpha value is -1.72. The van der Waals surface area contributed by atoms with Gasteiger partial charge in [0.2, 0.25) is 0 Å². The van der Waals surface area contributed by atoms with E-state index in [0.717, 1.165) is 41.7 Å². The lowest BCUT2D eigenvalue weighted by atomic mass is 10.2. The Morgan fingerprint density at radius 3 is 2.10 bits per heavy atom. The van der Waals surface area contributed by atoms with Gasteiger partial charge in [0.25, 0.3) is 0 Å². The average molecular weight is 329 g/mol. The largest absolute Gasteiger partial charge is 0.494 e. The summed E-state index contributed by atoms with van der Waals surface area (Å²) in [7, 11) is 0. The zero-order valence-electron chi connectivity index (χ0n) is 11.3. The Balaban J connectivity index is 1.90. The Labute approximate surface area is 129 Å². The van der Waals surface area contributed by atoms with Crippen LogP contribution in [-0.4, -0.2) is 11.9 Å². The van der Waals surface area contributed by atoms with Gasteiger partial charge in [0.15, 0.2) is 0 Å². The molecule has 2 heteroatoms. The van der Waals surface area contributed by atoms with Crippen molar-refractivity contribution < 1.29 is 4.74 Å². The van der Waals surface area contributed by atoms with E-state index in [1.54, 1.807) is 0 Å². The number of rotatable bonds is 5. The van der Waals surface area contributed by atoms with E-state index in [4.69, 9.17) is 4.74 Å². The minimum Gasteiger partial charge on any atom is -0.494 e. The fourth-order valence-corrected chi connectivity index (χ4v) is 2.08. The van der Waals surface area contributed by atoms with Crippen LogP contribution < -0.4 is 4.74 Å². The lowest BCUT2D eigenvalue weighted by Crippen LogP contribution is -1.97. The first-order valence-electron chi connectivity index (χ1n) is 6.74. The van der Waals surface area contributed by atoms with Crippen molar-refractivity contribution in [3.63, 3.8) is 0 Å². The van der Waals surface area contributed by atoms with E-state index in [9.17, 15) is 0 Å². The Morgan fingerprint density at radius 1 is 0.800 bits per heavy atom. The average Bonchev–Trinajstić information content (AvgIpc) is 2.52. The van der Waals surface area contributed by atoms with E-state index in [0.29, 0.717) is 0 Å². The van der Waals surface area contributed by atoms with Crippen molar-refractivity contribution in [1.29, 1.82) is 0 Å². The van der Waals surface area contributed by atoms with E-state index in [-0.39, 0.29) is 0 Å². The van der Waals surface area contributed by atoms with Crippen LogP contribution in [0.1, 0.15) is 24.0 Å². The summed E-state index contributed by atoms with van der Waals surface area (Å²) in [6, 6.07) is 17.9. The van der Waals surface area contributed by atoms with Crippen LogP contribution in [0.15, 0.2) is 54.6 Å². The number of halogens is 1. The standard InChI is InChI=1S/C18H17BrO/c19-14-4-5-15-20-18-12-10-17(11-13-18)9-8-16-6-2-1-3-7-16/h1-3,6-7,10-13H,4-5,14-15H2. The third kappa shape index (κ3) is 5.11. The zero-order chi connectivity index (χ0) is 14.0. The molecule has 0 amide bonds. The van der Waals surface area contributed by atoms with Gasteiger partial charge in [-0.3, -0.25) is 0 Å². The molecule has 0 aliphatic carbocycles. The molecule has 102 valence electrons. The van der Waals surface area contributed by atoms with E-state index in [2.05, 4.69) is 27.8 Å². The Bertz CT molecular complexity index is 564. The highest BCUT2D eigenvalue weighted by Gasteiger charge is 1.94. The molecular weight excluding hydrogens is 312 g/mol. The number of unbranched alkanes of at least 4 members (excludes halogenated alkanes) is 1. The monoisotopic (exact) mass is 328 g/mol. The summed E-state index contributed by atoms with van der Waals surface area (Å²) in [5.41, 5.74) is 2.03. The predicted octanol–water partition coefficient (Wildman–Crippen LogP) is 4.64. The topological polar surface area (TPSA) is 9.23 Å². The van der Waals surface area contributed by atoms with Crippen molar-refractivity contribution >= 4 is 15.9 Å². The lowest BCUT2D eigenvalue weighted by Gasteiger charge is -2.04. The molecule has 0 bridgehead atoms. The van der Waals surface area contributed by atoms with Gasteiger partial charge >= 0.3 is 0 Å². The summed E-state index contributed by atoms with van der Waals surface area (Å²) in [5, 5.41) is 1.03. The van der Waals surface area contributed by atoms with Gasteiger partial charge in [-0.1, -0.05) is 46.0 Å². The molecule has 0 atom stereocenters. The van der Waals surface area contributed by atoms with Crippen LogP contribution in [-0.2, 0) is 0 Å². The first kappa shape index (κ1) is 14.7. The van der Waals surface area contributed by atoms with Gasteiger partial charge in [-0.15, -0.1) is 0 Å². The normalized spacial score (nSPS) is 9.65. The molecule has 0 aromatic heterocycles. The molecule has 0 fully saturated rings. The number of hydrogen-bond acceptors (Lipinski definition) is 1. The van der Waals surface area contributed by atoms with Gasteiger partial charge in [0.1, 0.15) is 5.75 Å². The molecule has 20 heavy (non-hydrogen) atoms. The van der Waals surface area contributed by atoms with E-state index < -0.39 is 0 Å². The van der Waals surface area contributed by atoms with E-state index >= 15 is 0 Å². The molecule has 0 unspecified atom stereocenters. The molecule has 2 aromatic carbocycles. The highest BCUT2D eigenvalue weighted by Crippen LogP contribution is 2.12. The minimum atomic E-state index is 0.765. The molecule has 2 rings (SSSR count). The summed E-state index contributed by atoms with van der Waals surface area (Å²) in [5.74, 6) is 7.20. The minimum absolute atomic E-state index is 0.765. The van der Waals surface area contributed by atoms with Crippen molar-refractivity contribution in [3.05, 3.63) is 65.7 Å². The Morgan fingerprint density at radius 2 is 1.45 bits per heavy atom. The molecule has 0 heterocycles. The van der Waals surface area contributed by atoms with Crippen LogP contribution in [0, 0.1) is 11.8 Å². The second kappa shape index (κ2) is 8.45. The first-order valence-corrected chi connectivity index (χ1v) is 7.86.